The van der Waals surface area contributed by atoms with Crippen molar-refractivity contribution in [3.63, 3.8) is 0 Å². The molecule has 3 aliphatic rings. The van der Waals surface area contributed by atoms with Gasteiger partial charge in [-0.2, -0.15) is 0 Å². The minimum Gasteiger partial charge on any atom is -0.307 e. The fraction of sp³-hybridized carbons (Fsp3) is 0.111. The van der Waals surface area contributed by atoms with E-state index >= 15 is 0 Å². The van der Waals surface area contributed by atoms with Gasteiger partial charge in [0.1, 0.15) is 0 Å². The summed E-state index contributed by atoms with van der Waals surface area (Å²) < 4.78 is 0. The number of fused-ring (bicyclic) bond motifs is 13. The van der Waals surface area contributed by atoms with Crippen molar-refractivity contribution in [3.8, 4) is 33.4 Å². The zero-order valence-corrected chi connectivity index (χ0v) is 32.8. The third kappa shape index (κ3) is 4.07. The van der Waals surface area contributed by atoms with Gasteiger partial charge in [0, 0.05) is 31.4 Å². The summed E-state index contributed by atoms with van der Waals surface area (Å²) in [5.41, 5.74) is 17.2. The van der Waals surface area contributed by atoms with Crippen LogP contribution in [0.5, 0.6) is 0 Å². The van der Waals surface area contributed by atoms with Crippen molar-refractivity contribution in [1.29, 1.82) is 0 Å². The normalized spacial score (nSPS) is 15.3. The second kappa shape index (κ2) is 11.2. The molecule has 0 unspecified atom stereocenters. The lowest BCUT2D eigenvalue weighted by Gasteiger charge is -2.35. The molecule has 2 aliphatic carbocycles. The van der Waals surface area contributed by atoms with E-state index in [-0.39, 0.29) is 10.8 Å². The van der Waals surface area contributed by atoms with Crippen LogP contribution in [0.3, 0.4) is 0 Å². The Morgan fingerprint density at radius 2 is 0.839 bits per heavy atom. The second-order valence-electron chi connectivity index (χ2n) is 16.8. The fourth-order valence-electron chi connectivity index (χ4n) is 10.7. The highest BCUT2D eigenvalue weighted by molar-refractivity contribution is 7.99. The molecule has 0 fully saturated rings. The molecule has 1 heterocycles. The van der Waals surface area contributed by atoms with Crippen LogP contribution in [0.1, 0.15) is 49.9 Å². The van der Waals surface area contributed by atoms with Gasteiger partial charge in [-0.1, -0.05) is 173 Å². The predicted octanol–water partition coefficient (Wildman–Crippen LogP) is 15.4. The quantitative estimate of drug-likeness (QED) is 0.163. The Kier molecular flexibility index (Phi) is 6.46. The van der Waals surface area contributed by atoms with Gasteiger partial charge in [0.25, 0.3) is 0 Å². The number of benzene rings is 9. The van der Waals surface area contributed by atoms with Gasteiger partial charge >= 0.3 is 0 Å². The molecule has 0 bridgehead atoms. The molecular formula is C54H39NS. The van der Waals surface area contributed by atoms with Gasteiger partial charge in [0.05, 0.1) is 17.1 Å². The molecule has 2 heteroatoms. The number of anilines is 3. The van der Waals surface area contributed by atoms with Crippen molar-refractivity contribution >= 4 is 61.1 Å². The highest BCUT2D eigenvalue weighted by Gasteiger charge is 2.42. The molecule has 0 atom stereocenters. The first-order valence-electron chi connectivity index (χ1n) is 19.8. The third-order valence-electron chi connectivity index (χ3n) is 13.2. The molecule has 266 valence electrons. The van der Waals surface area contributed by atoms with Crippen LogP contribution in [0.4, 0.5) is 17.1 Å². The highest BCUT2D eigenvalue weighted by atomic mass is 32.2. The Morgan fingerprint density at radius 1 is 0.375 bits per heavy atom. The smallest absolute Gasteiger partial charge is 0.0619 e. The van der Waals surface area contributed by atoms with Gasteiger partial charge in [-0.05, 0) is 108 Å². The summed E-state index contributed by atoms with van der Waals surface area (Å²) in [5, 5.41) is 7.74. The van der Waals surface area contributed by atoms with Crippen LogP contribution in [0.2, 0.25) is 0 Å². The van der Waals surface area contributed by atoms with Crippen LogP contribution in [-0.4, -0.2) is 0 Å². The molecule has 9 aromatic carbocycles. The summed E-state index contributed by atoms with van der Waals surface area (Å²) in [4.78, 5) is 5.07. The Labute approximate surface area is 332 Å². The summed E-state index contributed by atoms with van der Waals surface area (Å²) in [6.07, 6.45) is 0. The van der Waals surface area contributed by atoms with Crippen molar-refractivity contribution in [3.05, 3.63) is 186 Å². The Balaban J connectivity index is 1.26. The predicted molar refractivity (Wildman–Crippen MR) is 238 cm³/mol. The van der Waals surface area contributed by atoms with Crippen LogP contribution in [0, 0.1) is 0 Å². The summed E-state index contributed by atoms with van der Waals surface area (Å²) in [7, 11) is 0. The van der Waals surface area contributed by atoms with E-state index in [1.165, 1.54) is 115 Å². The van der Waals surface area contributed by atoms with E-state index in [4.69, 9.17) is 0 Å². The molecule has 0 aromatic heterocycles. The van der Waals surface area contributed by atoms with Crippen molar-refractivity contribution in [2.24, 2.45) is 0 Å². The minimum atomic E-state index is -0.171. The standard InChI is InChI=1S/C54H39NS/c1-53(2)40-23-11-9-21-37(40)49-42(53)30-29-34-39(31-43-50(51(34)49)38-22-10-12-24-41(38)54(43,3)4)48-32-17-5-7-19-35(32)52(36-20-8-6-18-33(36)48)55-44-25-13-15-27-46(44)56-47-28-16-14-26-45(47)55/h5-31H,1-4H3. The molecule has 0 saturated heterocycles. The van der Waals surface area contributed by atoms with Crippen molar-refractivity contribution < 1.29 is 0 Å². The maximum atomic E-state index is 2.58. The number of hydrogen-bond donors (Lipinski definition) is 0. The van der Waals surface area contributed by atoms with Crippen LogP contribution >= 0.6 is 11.8 Å². The van der Waals surface area contributed by atoms with Crippen LogP contribution in [0.15, 0.2) is 174 Å². The van der Waals surface area contributed by atoms with Gasteiger partial charge in [0.15, 0.2) is 0 Å². The molecule has 0 N–H and O–H groups in total. The Hall–Kier alpha value is -6.09. The van der Waals surface area contributed by atoms with Gasteiger partial charge < -0.3 is 4.90 Å². The molecule has 1 aliphatic heterocycles. The highest BCUT2D eigenvalue weighted by Crippen LogP contribution is 2.61. The van der Waals surface area contributed by atoms with E-state index in [1.807, 2.05) is 11.8 Å². The van der Waals surface area contributed by atoms with Crippen molar-refractivity contribution in [1.82, 2.24) is 0 Å². The zero-order valence-electron chi connectivity index (χ0n) is 31.9. The average Bonchev–Trinajstić information content (AvgIpc) is 3.61. The largest absolute Gasteiger partial charge is 0.307 e. The van der Waals surface area contributed by atoms with Gasteiger partial charge in [-0.25, -0.2) is 0 Å². The van der Waals surface area contributed by atoms with Gasteiger partial charge in [-0.3, -0.25) is 0 Å². The number of nitrogens with zero attached hydrogens (tertiary/aromatic N) is 1. The average molecular weight is 734 g/mol. The molecular weight excluding hydrogens is 695 g/mol. The van der Waals surface area contributed by atoms with Crippen LogP contribution in [-0.2, 0) is 10.8 Å². The first-order valence-corrected chi connectivity index (χ1v) is 20.6. The first kappa shape index (κ1) is 32.2. The Morgan fingerprint density at radius 3 is 1.43 bits per heavy atom. The maximum Gasteiger partial charge on any atom is 0.0619 e. The molecule has 1 nitrogen and oxygen atoms in total. The SMILES string of the molecule is CC1(C)c2ccccc2-c2c1ccc1c(-c3c4ccccc4c(N4c5ccccc5Sc5ccccc54)c4ccccc34)cc3c(c21)-c1ccccc1C3(C)C. The fourth-order valence-corrected chi connectivity index (χ4v) is 11.7. The molecule has 9 aromatic rings. The lowest BCUT2D eigenvalue weighted by atomic mass is 9.77. The molecule has 0 radical (unpaired) electrons. The zero-order chi connectivity index (χ0) is 37.5. The summed E-state index contributed by atoms with van der Waals surface area (Å²) in [6, 6.07) is 61.8. The van der Waals surface area contributed by atoms with E-state index < -0.39 is 0 Å². The lowest BCUT2D eigenvalue weighted by Crippen LogP contribution is -2.16. The van der Waals surface area contributed by atoms with E-state index in [0.29, 0.717) is 0 Å². The van der Waals surface area contributed by atoms with E-state index in [2.05, 4.69) is 196 Å². The molecule has 0 amide bonds. The lowest BCUT2D eigenvalue weighted by molar-refractivity contribution is 0.660. The van der Waals surface area contributed by atoms with Gasteiger partial charge in [0.2, 0.25) is 0 Å². The number of rotatable bonds is 2. The topological polar surface area (TPSA) is 3.24 Å². The minimum absolute atomic E-state index is 0.100. The van der Waals surface area contributed by atoms with Crippen LogP contribution < -0.4 is 4.90 Å². The van der Waals surface area contributed by atoms with Crippen molar-refractivity contribution in [2.75, 3.05) is 4.90 Å². The number of para-hydroxylation sites is 2. The summed E-state index contributed by atoms with van der Waals surface area (Å²) in [6.45, 7) is 9.66. The van der Waals surface area contributed by atoms with Crippen LogP contribution in [0.25, 0.3) is 65.7 Å². The maximum absolute atomic E-state index is 2.58. The summed E-state index contributed by atoms with van der Waals surface area (Å²) in [5.74, 6) is 0. The molecule has 0 saturated carbocycles. The monoisotopic (exact) mass is 733 g/mol. The Bertz CT molecular complexity index is 3060. The molecule has 0 spiro atoms. The number of hydrogen-bond acceptors (Lipinski definition) is 2. The molecule has 12 rings (SSSR count). The molecule has 56 heavy (non-hydrogen) atoms. The first-order chi connectivity index (χ1) is 27.3. The van der Waals surface area contributed by atoms with Gasteiger partial charge in [-0.15, -0.1) is 0 Å². The van der Waals surface area contributed by atoms with E-state index in [9.17, 15) is 0 Å². The van der Waals surface area contributed by atoms with E-state index in [1.54, 1.807) is 0 Å². The second-order valence-corrected chi connectivity index (χ2v) is 17.9. The van der Waals surface area contributed by atoms with Crippen molar-refractivity contribution in [2.45, 2.75) is 48.3 Å². The van der Waals surface area contributed by atoms with E-state index in [0.717, 1.165) is 0 Å². The third-order valence-corrected chi connectivity index (χ3v) is 14.3. The summed E-state index contributed by atoms with van der Waals surface area (Å²) >= 11 is 1.86.